The van der Waals surface area contributed by atoms with Crippen LogP contribution in [-0.2, 0) is 25.8 Å². The molecule has 0 radical (unpaired) electrons. The lowest BCUT2D eigenvalue weighted by molar-refractivity contribution is -0.140. The Kier molecular flexibility index (Phi) is 9.79. The van der Waals surface area contributed by atoms with Crippen LogP contribution >= 0.6 is 0 Å². The molecule has 1 heterocycles. The number of carbonyl (C=O) groups excluding carboxylic acids is 2. The maximum absolute atomic E-state index is 14.2. The van der Waals surface area contributed by atoms with E-state index in [9.17, 15) is 31.2 Å². The molecular weight excluding hydrogens is 557 g/mol. The molecule has 1 fully saturated rings. The minimum Gasteiger partial charge on any atom is -0.369 e. The highest BCUT2D eigenvalue weighted by atomic mass is 32.2. The zero-order valence-electron chi connectivity index (χ0n) is 24.3. The van der Waals surface area contributed by atoms with Gasteiger partial charge in [-0.3, -0.25) is 14.6 Å². The van der Waals surface area contributed by atoms with Crippen LogP contribution in [0.25, 0.3) is 0 Å². The van der Waals surface area contributed by atoms with Gasteiger partial charge in [-0.25, -0.2) is 13.1 Å². The lowest BCUT2D eigenvalue weighted by atomic mass is 9.82. The van der Waals surface area contributed by atoms with Gasteiger partial charge in [0.1, 0.15) is 5.70 Å². The first-order chi connectivity index (χ1) is 18.8. The Morgan fingerprint density at radius 2 is 1.68 bits per heavy atom. The van der Waals surface area contributed by atoms with Crippen molar-refractivity contribution in [3.05, 3.63) is 41.1 Å². The lowest BCUT2D eigenvalue weighted by Gasteiger charge is -2.25. The molecule has 2 aliphatic rings. The molecule has 1 unspecified atom stereocenters. The molecule has 228 valence electrons. The Bertz CT molecular complexity index is 1320. The molecule has 0 aromatic heterocycles. The van der Waals surface area contributed by atoms with Gasteiger partial charge in [0.05, 0.1) is 10.5 Å². The van der Waals surface area contributed by atoms with Crippen molar-refractivity contribution < 1.29 is 31.2 Å². The number of aliphatic imine (C=N–C) groups is 1. The second-order valence-electron chi connectivity index (χ2n) is 12.7. The highest BCUT2D eigenvalue weighted by molar-refractivity contribution is 7.89. The van der Waals surface area contributed by atoms with Crippen molar-refractivity contribution >= 4 is 27.5 Å². The van der Waals surface area contributed by atoms with Gasteiger partial charge in [-0.15, -0.1) is 0 Å². The van der Waals surface area contributed by atoms with Crippen LogP contribution in [0, 0.1) is 11.3 Å². The van der Waals surface area contributed by atoms with E-state index in [1.54, 1.807) is 34.6 Å². The molecule has 0 spiro atoms. The van der Waals surface area contributed by atoms with Crippen molar-refractivity contribution in [3.8, 4) is 0 Å². The molecule has 4 N–H and O–H groups in total. The highest BCUT2D eigenvalue weighted by Crippen LogP contribution is 2.40. The molecule has 12 heteroatoms. The third kappa shape index (κ3) is 8.64. The van der Waals surface area contributed by atoms with E-state index in [1.165, 1.54) is 12.1 Å². The summed E-state index contributed by atoms with van der Waals surface area (Å²) in [5, 5.41) is 2.73. The van der Waals surface area contributed by atoms with Gasteiger partial charge < -0.3 is 11.1 Å². The Balaban J connectivity index is 1.97. The summed E-state index contributed by atoms with van der Waals surface area (Å²) in [5.41, 5.74) is 3.19. The summed E-state index contributed by atoms with van der Waals surface area (Å²) in [7, 11) is -4.47. The standard InChI is InChI=1S/C29H41F3N4O4S/c1-27(2,3)36-41(39,40)24-12-11-19(16-21(24)29(30,31)32)20-17-23(25(37)34-14-13-28(4,5)26(33)38)35-22(20)15-18-9-7-6-8-10-18/h11-12,16-18,20,36H,6-10,13-15H2,1-5H3,(H2,33,38)(H,34,37). The fourth-order valence-corrected chi connectivity index (χ4v) is 6.78. The van der Waals surface area contributed by atoms with E-state index >= 15 is 0 Å². The lowest BCUT2D eigenvalue weighted by Crippen LogP contribution is -2.41. The molecule has 0 saturated heterocycles. The third-order valence-corrected chi connectivity index (χ3v) is 9.32. The predicted octanol–water partition coefficient (Wildman–Crippen LogP) is 5.19. The number of rotatable bonds is 10. The van der Waals surface area contributed by atoms with Crippen molar-refractivity contribution in [3.63, 3.8) is 0 Å². The average molecular weight is 599 g/mol. The summed E-state index contributed by atoms with van der Waals surface area (Å²) < 4.78 is 70.7. The van der Waals surface area contributed by atoms with Crippen LogP contribution in [0.15, 0.2) is 39.9 Å². The molecule has 41 heavy (non-hydrogen) atoms. The van der Waals surface area contributed by atoms with Crippen molar-refractivity contribution in [2.24, 2.45) is 22.1 Å². The van der Waals surface area contributed by atoms with Crippen LogP contribution in [0.1, 0.15) is 96.6 Å². The van der Waals surface area contributed by atoms with Crippen molar-refractivity contribution in [2.75, 3.05) is 6.54 Å². The molecule has 1 aliphatic heterocycles. The molecule has 1 aliphatic carbocycles. The number of hydrogen-bond acceptors (Lipinski definition) is 5. The molecule has 2 amide bonds. The minimum absolute atomic E-state index is 0.0809. The van der Waals surface area contributed by atoms with E-state index in [1.807, 2.05) is 0 Å². The maximum Gasteiger partial charge on any atom is 0.417 e. The number of nitrogens with zero attached hydrogens (tertiary/aromatic N) is 1. The quantitative estimate of drug-likeness (QED) is 0.342. The number of primary amides is 1. The van der Waals surface area contributed by atoms with E-state index < -0.39 is 55.3 Å². The number of carbonyl (C=O) groups is 2. The molecule has 3 rings (SSSR count). The van der Waals surface area contributed by atoms with Gasteiger partial charge in [0.2, 0.25) is 15.9 Å². The van der Waals surface area contributed by atoms with Crippen LogP contribution in [0.2, 0.25) is 0 Å². The monoisotopic (exact) mass is 598 g/mol. The largest absolute Gasteiger partial charge is 0.417 e. The second kappa shape index (κ2) is 12.2. The SMILES string of the molecule is CC(C)(C)NS(=O)(=O)c1ccc(C2C=C(C(=O)NCCC(C)(C)C(N)=O)N=C2CC2CCCCC2)cc1C(F)(F)F. The van der Waals surface area contributed by atoms with Crippen molar-refractivity contribution in [2.45, 2.75) is 102 Å². The van der Waals surface area contributed by atoms with Crippen LogP contribution in [-0.4, -0.2) is 38.0 Å². The van der Waals surface area contributed by atoms with E-state index in [0.29, 0.717) is 24.5 Å². The van der Waals surface area contributed by atoms with Crippen LogP contribution in [0.3, 0.4) is 0 Å². The van der Waals surface area contributed by atoms with Gasteiger partial charge in [0.25, 0.3) is 5.91 Å². The number of sulfonamides is 1. The molecule has 8 nitrogen and oxygen atoms in total. The normalized spacial score (nSPS) is 19.1. The van der Waals surface area contributed by atoms with E-state index in [-0.39, 0.29) is 17.8 Å². The zero-order valence-corrected chi connectivity index (χ0v) is 25.1. The number of allylic oxidation sites excluding steroid dienone is 1. The topological polar surface area (TPSA) is 131 Å². The number of hydrogen-bond donors (Lipinski definition) is 3. The number of nitrogens with one attached hydrogen (secondary N) is 2. The molecule has 1 saturated carbocycles. The summed E-state index contributed by atoms with van der Waals surface area (Å²) in [4.78, 5) is 28.3. The van der Waals surface area contributed by atoms with E-state index in [4.69, 9.17) is 5.73 Å². The number of halogens is 3. The highest BCUT2D eigenvalue weighted by Gasteiger charge is 2.40. The van der Waals surface area contributed by atoms with Crippen molar-refractivity contribution in [1.82, 2.24) is 10.0 Å². The van der Waals surface area contributed by atoms with Gasteiger partial charge in [0.15, 0.2) is 0 Å². The first kappa shape index (κ1) is 32.8. The number of alkyl halides is 3. The average Bonchev–Trinajstić information content (AvgIpc) is 3.26. The van der Waals surface area contributed by atoms with Crippen LogP contribution in [0.5, 0.6) is 0 Å². The van der Waals surface area contributed by atoms with Gasteiger partial charge >= 0.3 is 6.18 Å². The smallest absolute Gasteiger partial charge is 0.369 e. The summed E-state index contributed by atoms with van der Waals surface area (Å²) in [6.45, 7) is 8.15. The summed E-state index contributed by atoms with van der Waals surface area (Å²) in [5.74, 6) is -1.41. The van der Waals surface area contributed by atoms with Gasteiger partial charge in [0, 0.05) is 29.1 Å². The fourth-order valence-electron chi connectivity index (χ4n) is 5.15. The fraction of sp³-hybridized carbons (Fsp3) is 0.621. The van der Waals surface area contributed by atoms with E-state index in [0.717, 1.165) is 44.2 Å². The Morgan fingerprint density at radius 3 is 2.24 bits per heavy atom. The Hall–Kier alpha value is -2.73. The zero-order chi connectivity index (χ0) is 30.8. The van der Waals surface area contributed by atoms with Crippen molar-refractivity contribution in [1.29, 1.82) is 0 Å². The first-order valence-electron chi connectivity index (χ1n) is 13.9. The van der Waals surface area contributed by atoms with Crippen LogP contribution in [0.4, 0.5) is 13.2 Å². The summed E-state index contributed by atoms with van der Waals surface area (Å²) >= 11 is 0. The first-order valence-corrected chi connectivity index (χ1v) is 15.4. The summed E-state index contributed by atoms with van der Waals surface area (Å²) in [6, 6.07) is 3.19. The Morgan fingerprint density at radius 1 is 1.05 bits per heavy atom. The van der Waals surface area contributed by atoms with E-state index in [2.05, 4.69) is 15.0 Å². The second-order valence-corrected chi connectivity index (χ2v) is 14.4. The molecule has 1 atom stereocenters. The maximum atomic E-state index is 14.2. The Labute approximate surface area is 240 Å². The van der Waals surface area contributed by atoms with Gasteiger partial charge in [-0.1, -0.05) is 52.0 Å². The number of nitrogens with two attached hydrogens (primary N) is 1. The third-order valence-electron chi connectivity index (χ3n) is 7.50. The molecule has 1 aromatic carbocycles. The molecule has 1 aromatic rings. The molecular formula is C29H41F3N4O4S. The van der Waals surface area contributed by atoms with Crippen LogP contribution < -0.4 is 15.8 Å². The summed E-state index contributed by atoms with van der Waals surface area (Å²) in [6.07, 6.45) is 2.62. The predicted molar refractivity (Wildman–Crippen MR) is 152 cm³/mol. The van der Waals surface area contributed by atoms with Gasteiger partial charge in [-0.2, -0.15) is 13.2 Å². The number of benzene rings is 1. The molecule has 0 bridgehead atoms. The van der Waals surface area contributed by atoms with Gasteiger partial charge in [-0.05, 0) is 63.3 Å². The minimum atomic E-state index is -4.94. The number of amides is 2.